The molecule has 0 radical (unpaired) electrons. The Morgan fingerprint density at radius 3 is 2.84 bits per heavy atom. The average molecular weight is 258 g/mol. The van der Waals surface area contributed by atoms with E-state index in [1.165, 1.54) is 5.56 Å². The Labute approximate surface area is 112 Å². The molecule has 6 heteroatoms. The fraction of sp³-hybridized carbons (Fsp3) is 0.462. The van der Waals surface area contributed by atoms with Gasteiger partial charge in [-0.05, 0) is 0 Å². The number of fused-ring (bicyclic) bond motifs is 1. The van der Waals surface area contributed by atoms with Crippen molar-refractivity contribution in [3.8, 4) is 0 Å². The highest BCUT2D eigenvalue weighted by Crippen LogP contribution is 2.23. The van der Waals surface area contributed by atoms with Gasteiger partial charge in [0.05, 0.1) is 5.69 Å². The molecule has 3 heterocycles. The van der Waals surface area contributed by atoms with Crippen LogP contribution in [0.1, 0.15) is 37.7 Å². The van der Waals surface area contributed by atoms with E-state index in [2.05, 4.69) is 51.6 Å². The summed E-state index contributed by atoms with van der Waals surface area (Å²) in [5.74, 6) is 1.34. The maximum Gasteiger partial charge on any atom is 0.228 e. The molecule has 1 aliphatic heterocycles. The van der Waals surface area contributed by atoms with Crippen LogP contribution in [0.4, 0.5) is 11.8 Å². The number of anilines is 2. The lowest BCUT2D eigenvalue weighted by Crippen LogP contribution is -2.11. The molecule has 19 heavy (non-hydrogen) atoms. The van der Waals surface area contributed by atoms with Crippen LogP contribution < -0.4 is 10.6 Å². The van der Waals surface area contributed by atoms with Crippen LogP contribution in [-0.2, 0) is 18.5 Å². The first-order chi connectivity index (χ1) is 9.02. The van der Waals surface area contributed by atoms with Crippen molar-refractivity contribution in [1.82, 2.24) is 25.5 Å². The highest BCUT2D eigenvalue weighted by molar-refractivity contribution is 5.49. The van der Waals surface area contributed by atoms with Crippen LogP contribution in [0.15, 0.2) is 12.3 Å². The number of hydrogen-bond donors (Lipinski definition) is 3. The summed E-state index contributed by atoms with van der Waals surface area (Å²) < 4.78 is 0. The number of aromatic amines is 1. The molecule has 100 valence electrons. The van der Waals surface area contributed by atoms with Crippen molar-refractivity contribution >= 4 is 11.8 Å². The van der Waals surface area contributed by atoms with Crippen LogP contribution in [0.3, 0.4) is 0 Å². The van der Waals surface area contributed by atoms with Gasteiger partial charge in [-0.3, -0.25) is 5.10 Å². The van der Waals surface area contributed by atoms with Crippen molar-refractivity contribution in [1.29, 1.82) is 0 Å². The van der Waals surface area contributed by atoms with Crippen molar-refractivity contribution < 1.29 is 0 Å². The average Bonchev–Trinajstić information content (AvgIpc) is 2.95. The third-order valence-corrected chi connectivity index (χ3v) is 3.19. The normalized spacial score (nSPS) is 14.5. The van der Waals surface area contributed by atoms with E-state index in [0.717, 1.165) is 30.3 Å². The van der Waals surface area contributed by atoms with Crippen molar-refractivity contribution in [2.75, 3.05) is 5.32 Å². The summed E-state index contributed by atoms with van der Waals surface area (Å²) >= 11 is 0. The van der Waals surface area contributed by atoms with E-state index in [4.69, 9.17) is 0 Å². The number of hydrogen-bond acceptors (Lipinski definition) is 5. The molecule has 0 aliphatic carbocycles. The van der Waals surface area contributed by atoms with Gasteiger partial charge in [0, 0.05) is 42.0 Å². The predicted octanol–water partition coefficient (Wildman–Crippen LogP) is 1.84. The SMILES string of the molecule is CC(C)(C)c1cc(Nc2ncc3c(n2)CNC3)n[nH]1. The van der Waals surface area contributed by atoms with Crippen LogP contribution in [0.5, 0.6) is 0 Å². The molecule has 2 aromatic heterocycles. The van der Waals surface area contributed by atoms with Gasteiger partial charge in [-0.15, -0.1) is 0 Å². The lowest BCUT2D eigenvalue weighted by molar-refractivity contribution is 0.567. The smallest absolute Gasteiger partial charge is 0.228 e. The highest BCUT2D eigenvalue weighted by Gasteiger charge is 2.17. The Bertz CT molecular complexity index is 595. The summed E-state index contributed by atoms with van der Waals surface area (Å²) in [6, 6.07) is 1.99. The molecule has 3 N–H and O–H groups in total. The van der Waals surface area contributed by atoms with Crippen LogP contribution in [0.2, 0.25) is 0 Å². The van der Waals surface area contributed by atoms with E-state index in [1.807, 2.05) is 12.3 Å². The zero-order valence-corrected chi connectivity index (χ0v) is 11.4. The minimum atomic E-state index is 0.0512. The zero-order valence-electron chi connectivity index (χ0n) is 11.4. The van der Waals surface area contributed by atoms with Crippen LogP contribution >= 0.6 is 0 Å². The second-order valence-electron chi connectivity index (χ2n) is 5.81. The van der Waals surface area contributed by atoms with Gasteiger partial charge in [0.15, 0.2) is 5.82 Å². The lowest BCUT2D eigenvalue weighted by atomic mass is 9.92. The van der Waals surface area contributed by atoms with E-state index in [0.29, 0.717) is 5.95 Å². The van der Waals surface area contributed by atoms with Gasteiger partial charge in [-0.1, -0.05) is 20.8 Å². The molecule has 0 fully saturated rings. The van der Waals surface area contributed by atoms with Gasteiger partial charge >= 0.3 is 0 Å². The standard InChI is InChI=1S/C13H18N6/c1-13(2,3)10-4-11(19-18-10)17-12-15-6-8-5-14-7-9(8)16-12/h4,6,14H,5,7H2,1-3H3,(H2,15,16,17,18,19). The minimum Gasteiger partial charge on any atom is -0.307 e. The lowest BCUT2D eigenvalue weighted by Gasteiger charge is -2.14. The Morgan fingerprint density at radius 2 is 2.11 bits per heavy atom. The summed E-state index contributed by atoms with van der Waals surface area (Å²) in [6.45, 7) is 8.08. The van der Waals surface area contributed by atoms with Gasteiger partial charge in [0.2, 0.25) is 5.95 Å². The number of rotatable bonds is 2. The predicted molar refractivity (Wildman–Crippen MR) is 73.1 cm³/mol. The molecule has 6 nitrogen and oxygen atoms in total. The quantitative estimate of drug-likeness (QED) is 0.766. The van der Waals surface area contributed by atoms with Crippen LogP contribution in [0, 0.1) is 0 Å². The largest absolute Gasteiger partial charge is 0.307 e. The van der Waals surface area contributed by atoms with Crippen molar-refractivity contribution in [2.45, 2.75) is 39.3 Å². The third kappa shape index (κ3) is 2.44. The summed E-state index contributed by atoms with van der Waals surface area (Å²) in [5, 5.41) is 13.7. The first-order valence-electron chi connectivity index (χ1n) is 6.41. The molecule has 0 amide bonds. The fourth-order valence-corrected chi connectivity index (χ4v) is 2.00. The Morgan fingerprint density at radius 1 is 1.26 bits per heavy atom. The van der Waals surface area contributed by atoms with Crippen molar-refractivity contribution in [2.24, 2.45) is 0 Å². The Balaban J connectivity index is 1.80. The van der Waals surface area contributed by atoms with Gasteiger partial charge in [-0.25, -0.2) is 9.97 Å². The molecule has 0 spiro atoms. The van der Waals surface area contributed by atoms with Gasteiger partial charge in [0.1, 0.15) is 0 Å². The molecule has 0 saturated heterocycles. The van der Waals surface area contributed by atoms with E-state index >= 15 is 0 Å². The van der Waals surface area contributed by atoms with E-state index in [-0.39, 0.29) is 5.41 Å². The Hall–Kier alpha value is -1.95. The van der Waals surface area contributed by atoms with Gasteiger partial charge < -0.3 is 10.6 Å². The molecule has 0 bridgehead atoms. The number of nitrogens with one attached hydrogen (secondary N) is 3. The molecule has 0 saturated carbocycles. The third-order valence-electron chi connectivity index (χ3n) is 3.19. The molecule has 1 aliphatic rings. The fourth-order valence-electron chi connectivity index (χ4n) is 2.00. The second-order valence-corrected chi connectivity index (χ2v) is 5.81. The maximum atomic E-state index is 4.48. The minimum absolute atomic E-state index is 0.0512. The number of H-pyrrole nitrogens is 1. The Kier molecular flexibility index (Phi) is 2.74. The summed E-state index contributed by atoms with van der Waals surface area (Å²) in [7, 11) is 0. The van der Waals surface area contributed by atoms with Crippen molar-refractivity contribution in [3.05, 3.63) is 29.2 Å². The zero-order chi connectivity index (χ0) is 13.5. The van der Waals surface area contributed by atoms with E-state index in [9.17, 15) is 0 Å². The molecule has 2 aromatic rings. The monoisotopic (exact) mass is 258 g/mol. The molecule has 0 unspecified atom stereocenters. The summed E-state index contributed by atoms with van der Waals surface area (Å²) in [4.78, 5) is 8.78. The topological polar surface area (TPSA) is 78.5 Å². The second kappa shape index (κ2) is 4.31. The molecule has 3 rings (SSSR count). The van der Waals surface area contributed by atoms with E-state index in [1.54, 1.807) is 0 Å². The summed E-state index contributed by atoms with van der Waals surface area (Å²) in [6.07, 6.45) is 1.86. The molecular formula is C13H18N6. The molecule has 0 aromatic carbocycles. The van der Waals surface area contributed by atoms with Crippen LogP contribution in [-0.4, -0.2) is 20.2 Å². The van der Waals surface area contributed by atoms with Crippen LogP contribution in [0.25, 0.3) is 0 Å². The van der Waals surface area contributed by atoms with E-state index < -0.39 is 0 Å². The highest BCUT2D eigenvalue weighted by atomic mass is 15.2. The number of nitrogens with zero attached hydrogens (tertiary/aromatic N) is 3. The number of aromatic nitrogens is 4. The summed E-state index contributed by atoms with van der Waals surface area (Å²) in [5.41, 5.74) is 3.36. The maximum absolute atomic E-state index is 4.48. The first-order valence-corrected chi connectivity index (χ1v) is 6.41. The first kappa shape index (κ1) is 12.1. The van der Waals surface area contributed by atoms with Crippen molar-refractivity contribution in [3.63, 3.8) is 0 Å². The van der Waals surface area contributed by atoms with Gasteiger partial charge in [-0.2, -0.15) is 5.10 Å². The molecular weight excluding hydrogens is 240 g/mol. The van der Waals surface area contributed by atoms with Gasteiger partial charge in [0.25, 0.3) is 0 Å². The molecule has 0 atom stereocenters.